The zero-order valence-corrected chi connectivity index (χ0v) is 11.7. The summed E-state index contributed by atoms with van der Waals surface area (Å²) in [5.41, 5.74) is 2.66. The predicted molar refractivity (Wildman–Crippen MR) is 81.3 cm³/mol. The van der Waals surface area contributed by atoms with Crippen LogP contribution in [0, 0.1) is 10.1 Å². The molecule has 2 aromatic carbocycles. The van der Waals surface area contributed by atoms with Crippen molar-refractivity contribution in [1.82, 2.24) is 0 Å². The highest BCUT2D eigenvalue weighted by Crippen LogP contribution is 2.17. The molecule has 0 saturated heterocycles. The second-order valence-electron chi connectivity index (χ2n) is 4.66. The minimum atomic E-state index is -0.457. The van der Waals surface area contributed by atoms with Gasteiger partial charge < -0.3 is 5.32 Å². The van der Waals surface area contributed by atoms with Crippen molar-refractivity contribution in [2.75, 3.05) is 5.32 Å². The first-order valence-corrected chi connectivity index (χ1v) is 6.71. The van der Waals surface area contributed by atoms with Gasteiger partial charge in [-0.15, -0.1) is 0 Å². The van der Waals surface area contributed by atoms with Gasteiger partial charge in [0.15, 0.2) is 0 Å². The largest absolute Gasteiger partial charge is 0.326 e. The Labute approximate surface area is 122 Å². The van der Waals surface area contributed by atoms with E-state index < -0.39 is 4.92 Å². The summed E-state index contributed by atoms with van der Waals surface area (Å²) in [4.78, 5) is 22.1. The van der Waals surface area contributed by atoms with Crippen LogP contribution in [0.15, 0.2) is 48.5 Å². The first kappa shape index (κ1) is 14.7. The number of carbonyl (C=O) groups is 1. The number of aryl methyl sites for hydroxylation is 1. The first-order valence-electron chi connectivity index (χ1n) is 6.71. The van der Waals surface area contributed by atoms with Gasteiger partial charge in [-0.05, 0) is 23.6 Å². The van der Waals surface area contributed by atoms with Gasteiger partial charge in [0.25, 0.3) is 5.69 Å². The van der Waals surface area contributed by atoms with E-state index in [0.717, 1.165) is 23.2 Å². The highest BCUT2D eigenvalue weighted by Gasteiger charge is 2.09. The van der Waals surface area contributed by atoms with Gasteiger partial charge in [-0.2, -0.15) is 0 Å². The van der Waals surface area contributed by atoms with Crippen LogP contribution in [-0.2, 0) is 17.6 Å². The zero-order chi connectivity index (χ0) is 15.2. The molecule has 0 aliphatic carbocycles. The Kier molecular flexibility index (Phi) is 4.66. The van der Waals surface area contributed by atoms with E-state index in [0.29, 0.717) is 0 Å². The Morgan fingerprint density at radius 3 is 2.43 bits per heavy atom. The fraction of sp³-hybridized carbons (Fsp3) is 0.188. The highest BCUT2D eigenvalue weighted by atomic mass is 16.6. The molecule has 0 aliphatic heterocycles. The highest BCUT2D eigenvalue weighted by molar-refractivity contribution is 5.93. The summed E-state index contributed by atoms with van der Waals surface area (Å²) in [6.07, 6.45) is 1.03. The average molecular weight is 284 g/mol. The van der Waals surface area contributed by atoms with Crippen molar-refractivity contribution >= 4 is 17.3 Å². The van der Waals surface area contributed by atoms with Crippen LogP contribution in [0.3, 0.4) is 0 Å². The quantitative estimate of drug-likeness (QED) is 0.676. The van der Waals surface area contributed by atoms with Crippen LogP contribution in [-0.4, -0.2) is 10.8 Å². The number of nitro groups is 1. The molecule has 0 bridgehead atoms. The molecule has 0 saturated carbocycles. The number of non-ortho nitro benzene ring substituents is 1. The lowest BCUT2D eigenvalue weighted by atomic mass is 10.1. The fourth-order valence-electron chi connectivity index (χ4n) is 2.07. The van der Waals surface area contributed by atoms with Gasteiger partial charge in [0, 0.05) is 17.8 Å². The van der Waals surface area contributed by atoms with E-state index in [4.69, 9.17) is 0 Å². The Hall–Kier alpha value is -2.69. The lowest BCUT2D eigenvalue weighted by Gasteiger charge is -2.09. The molecular weight excluding hydrogens is 268 g/mol. The van der Waals surface area contributed by atoms with Crippen LogP contribution >= 0.6 is 0 Å². The lowest BCUT2D eigenvalue weighted by Crippen LogP contribution is -2.15. The van der Waals surface area contributed by atoms with Crippen LogP contribution in [0.5, 0.6) is 0 Å². The fourth-order valence-corrected chi connectivity index (χ4v) is 2.07. The summed E-state index contributed by atoms with van der Waals surface area (Å²) in [5.74, 6) is -0.134. The SMILES string of the molecule is CCc1ccccc1NC(=O)Cc1ccc([N+](=O)[O-])cc1. The topological polar surface area (TPSA) is 72.2 Å². The van der Waals surface area contributed by atoms with Gasteiger partial charge in [-0.3, -0.25) is 14.9 Å². The van der Waals surface area contributed by atoms with Crippen molar-refractivity contribution in [3.8, 4) is 0 Å². The predicted octanol–water partition coefficient (Wildman–Crippen LogP) is 3.34. The molecule has 5 heteroatoms. The Bertz CT molecular complexity index is 651. The number of nitro benzene ring substituents is 1. The van der Waals surface area contributed by atoms with Gasteiger partial charge in [-0.1, -0.05) is 37.3 Å². The summed E-state index contributed by atoms with van der Waals surface area (Å²) in [6, 6.07) is 13.7. The third-order valence-corrected chi connectivity index (χ3v) is 3.18. The molecule has 1 N–H and O–H groups in total. The standard InChI is InChI=1S/C16H16N2O3/c1-2-13-5-3-4-6-15(13)17-16(19)11-12-7-9-14(10-8-12)18(20)21/h3-10H,2,11H2,1H3,(H,17,19). The number of hydrogen-bond acceptors (Lipinski definition) is 3. The van der Waals surface area contributed by atoms with Gasteiger partial charge in [-0.25, -0.2) is 0 Å². The van der Waals surface area contributed by atoms with Crippen LogP contribution < -0.4 is 5.32 Å². The second-order valence-corrected chi connectivity index (χ2v) is 4.66. The number of para-hydroxylation sites is 1. The Morgan fingerprint density at radius 2 is 1.81 bits per heavy atom. The molecule has 2 rings (SSSR count). The molecule has 0 heterocycles. The molecule has 0 radical (unpaired) electrons. The molecule has 1 amide bonds. The number of benzene rings is 2. The maximum absolute atomic E-state index is 12.0. The monoisotopic (exact) mass is 284 g/mol. The van der Waals surface area contributed by atoms with Crippen molar-refractivity contribution in [3.05, 3.63) is 69.8 Å². The first-order chi connectivity index (χ1) is 10.1. The summed E-state index contributed by atoms with van der Waals surface area (Å²) in [5, 5.41) is 13.4. The number of nitrogens with zero attached hydrogens (tertiary/aromatic N) is 1. The van der Waals surface area contributed by atoms with Gasteiger partial charge in [0.1, 0.15) is 0 Å². The molecule has 108 valence electrons. The van der Waals surface area contributed by atoms with Gasteiger partial charge in [0.2, 0.25) is 5.91 Å². The molecule has 0 aromatic heterocycles. The number of anilines is 1. The van der Waals surface area contributed by atoms with E-state index in [-0.39, 0.29) is 18.0 Å². The van der Waals surface area contributed by atoms with Crippen molar-refractivity contribution in [1.29, 1.82) is 0 Å². The van der Waals surface area contributed by atoms with Gasteiger partial charge >= 0.3 is 0 Å². The van der Waals surface area contributed by atoms with E-state index in [2.05, 4.69) is 5.32 Å². The molecule has 0 fully saturated rings. The molecule has 0 unspecified atom stereocenters. The Morgan fingerprint density at radius 1 is 1.14 bits per heavy atom. The number of carbonyl (C=O) groups excluding carboxylic acids is 1. The lowest BCUT2D eigenvalue weighted by molar-refractivity contribution is -0.384. The Balaban J connectivity index is 2.03. The summed E-state index contributed by atoms with van der Waals surface area (Å²) in [6.45, 7) is 2.03. The van der Waals surface area contributed by atoms with Crippen molar-refractivity contribution in [3.63, 3.8) is 0 Å². The van der Waals surface area contributed by atoms with Crippen molar-refractivity contribution in [2.24, 2.45) is 0 Å². The van der Waals surface area contributed by atoms with Crippen LogP contribution in [0.1, 0.15) is 18.1 Å². The van der Waals surface area contributed by atoms with E-state index >= 15 is 0 Å². The summed E-state index contributed by atoms with van der Waals surface area (Å²) in [7, 11) is 0. The molecule has 21 heavy (non-hydrogen) atoms. The minimum absolute atomic E-state index is 0.0236. The summed E-state index contributed by atoms with van der Waals surface area (Å²) < 4.78 is 0. The maximum Gasteiger partial charge on any atom is 0.269 e. The van der Waals surface area contributed by atoms with E-state index in [9.17, 15) is 14.9 Å². The van der Waals surface area contributed by atoms with E-state index in [1.807, 2.05) is 31.2 Å². The smallest absolute Gasteiger partial charge is 0.269 e. The van der Waals surface area contributed by atoms with Gasteiger partial charge in [0.05, 0.1) is 11.3 Å². The number of amides is 1. The number of nitrogens with one attached hydrogen (secondary N) is 1. The molecular formula is C16H16N2O3. The summed E-state index contributed by atoms with van der Waals surface area (Å²) >= 11 is 0. The van der Waals surface area contributed by atoms with Crippen LogP contribution in [0.2, 0.25) is 0 Å². The van der Waals surface area contributed by atoms with E-state index in [1.54, 1.807) is 12.1 Å². The zero-order valence-electron chi connectivity index (χ0n) is 11.7. The molecule has 5 nitrogen and oxygen atoms in total. The van der Waals surface area contributed by atoms with Crippen molar-refractivity contribution in [2.45, 2.75) is 19.8 Å². The number of hydrogen-bond donors (Lipinski definition) is 1. The minimum Gasteiger partial charge on any atom is -0.326 e. The molecule has 0 spiro atoms. The van der Waals surface area contributed by atoms with Crippen LogP contribution in [0.4, 0.5) is 11.4 Å². The van der Waals surface area contributed by atoms with Crippen LogP contribution in [0.25, 0.3) is 0 Å². The maximum atomic E-state index is 12.0. The second kappa shape index (κ2) is 6.65. The molecule has 0 aliphatic rings. The molecule has 2 aromatic rings. The van der Waals surface area contributed by atoms with Crippen molar-refractivity contribution < 1.29 is 9.72 Å². The third kappa shape index (κ3) is 3.89. The third-order valence-electron chi connectivity index (χ3n) is 3.18. The molecule has 0 atom stereocenters. The average Bonchev–Trinajstić information content (AvgIpc) is 2.48. The number of rotatable bonds is 5. The van der Waals surface area contributed by atoms with E-state index in [1.165, 1.54) is 12.1 Å². The normalized spacial score (nSPS) is 10.1.